The van der Waals surface area contributed by atoms with Crippen LogP contribution in [0.5, 0.6) is 0 Å². The molecule has 0 aromatic carbocycles. The Morgan fingerprint density at radius 2 is 1.92 bits per heavy atom. The van der Waals surface area contributed by atoms with E-state index in [1.165, 1.54) is 27.3 Å². The molecule has 136 valence electrons. The number of amides is 1. The molecule has 1 spiro atoms. The van der Waals surface area contributed by atoms with Crippen molar-refractivity contribution in [1.82, 2.24) is 19.4 Å². The highest BCUT2D eigenvalue weighted by molar-refractivity contribution is 7.92. The third-order valence-corrected chi connectivity index (χ3v) is 5.91. The van der Waals surface area contributed by atoms with Crippen molar-refractivity contribution in [3.05, 3.63) is 52.8 Å². The molecule has 4 heterocycles. The van der Waals surface area contributed by atoms with Crippen LogP contribution in [0.25, 0.3) is 0 Å². The number of anilines is 1. The minimum atomic E-state index is -3.47. The molecule has 0 bridgehead atoms. The second-order valence-corrected chi connectivity index (χ2v) is 8.60. The van der Waals surface area contributed by atoms with E-state index >= 15 is 0 Å². The number of fused-ring (bicyclic) bond motifs is 2. The number of aromatic nitrogens is 3. The van der Waals surface area contributed by atoms with E-state index < -0.39 is 15.4 Å². The van der Waals surface area contributed by atoms with E-state index in [2.05, 4.69) is 9.97 Å². The summed E-state index contributed by atoms with van der Waals surface area (Å²) in [7, 11) is -3.47. The summed E-state index contributed by atoms with van der Waals surface area (Å²) in [5, 5.41) is 0. The maximum atomic E-state index is 12.5. The number of likely N-dealkylation sites (tertiary alicyclic amines) is 1. The van der Waals surface area contributed by atoms with Crippen molar-refractivity contribution in [2.24, 2.45) is 0 Å². The molecule has 10 heteroatoms. The monoisotopic (exact) mass is 375 g/mol. The normalized spacial score (nSPS) is 17.9. The van der Waals surface area contributed by atoms with Crippen LogP contribution in [-0.4, -0.2) is 59.6 Å². The van der Waals surface area contributed by atoms with Gasteiger partial charge in [-0.15, -0.1) is 0 Å². The summed E-state index contributed by atoms with van der Waals surface area (Å²) in [6, 6.07) is 4.71. The van der Waals surface area contributed by atoms with Crippen molar-refractivity contribution in [3.63, 3.8) is 0 Å². The van der Waals surface area contributed by atoms with Crippen LogP contribution in [-0.2, 0) is 26.8 Å². The van der Waals surface area contributed by atoms with Crippen LogP contribution in [0.2, 0.25) is 0 Å². The average molecular weight is 375 g/mol. The van der Waals surface area contributed by atoms with Crippen molar-refractivity contribution in [1.29, 1.82) is 0 Å². The molecule has 2 aromatic rings. The molecule has 0 saturated carbocycles. The van der Waals surface area contributed by atoms with Gasteiger partial charge < -0.3 is 9.47 Å². The molecule has 0 aliphatic carbocycles. The second kappa shape index (κ2) is 5.63. The molecule has 4 rings (SSSR count). The molecule has 1 saturated heterocycles. The zero-order chi connectivity index (χ0) is 18.5. The molecule has 0 radical (unpaired) electrons. The highest BCUT2D eigenvalue weighted by Crippen LogP contribution is 2.45. The van der Waals surface area contributed by atoms with Gasteiger partial charge in [0, 0.05) is 37.7 Å². The van der Waals surface area contributed by atoms with Crippen LogP contribution < -0.4 is 9.86 Å². The van der Waals surface area contributed by atoms with Gasteiger partial charge in [-0.05, 0) is 6.07 Å². The highest BCUT2D eigenvalue weighted by atomic mass is 32.2. The van der Waals surface area contributed by atoms with Crippen LogP contribution >= 0.6 is 0 Å². The van der Waals surface area contributed by atoms with E-state index in [0.717, 1.165) is 6.26 Å². The van der Waals surface area contributed by atoms with Gasteiger partial charge >= 0.3 is 0 Å². The van der Waals surface area contributed by atoms with Gasteiger partial charge in [-0.25, -0.2) is 13.4 Å². The summed E-state index contributed by atoms with van der Waals surface area (Å²) in [6.45, 7) is 0.884. The van der Waals surface area contributed by atoms with Crippen LogP contribution in [0.1, 0.15) is 5.69 Å². The van der Waals surface area contributed by atoms with Crippen molar-refractivity contribution in [2.75, 3.05) is 30.2 Å². The largest absolute Gasteiger partial charge is 0.339 e. The number of rotatable bonds is 3. The van der Waals surface area contributed by atoms with Crippen LogP contribution in [0.3, 0.4) is 0 Å². The van der Waals surface area contributed by atoms with Gasteiger partial charge in [-0.2, -0.15) is 0 Å². The first-order chi connectivity index (χ1) is 12.3. The summed E-state index contributed by atoms with van der Waals surface area (Å²) in [4.78, 5) is 34.3. The van der Waals surface area contributed by atoms with Gasteiger partial charge in [-0.1, -0.05) is 6.07 Å². The standard InChI is InChI=1S/C16H17N5O4S/c1-26(24,25)21-11-16(14-15(21)18-6-5-17-14)9-20(10-16)13(23)8-19-7-3-2-4-12(19)22/h2-7H,8-11H2,1H3. The predicted octanol–water partition coefficient (Wildman–Crippen LogP) is -0.802. The molecule has 0 N–H and O–H groups in total. The zero-order valence-corrected chi connectivity index (χ0v) is 14.9. The summed E-state index contributed by atoms with van der Waals surface area (Å²) in [5.41, 5.74) is -0.174. The SMILES string of the molecule is CS(=O)(=O)N1CC2(CN(C(=O)Cn3ccccc3=O)C2)c2nccnc21. The molecule has 0 unspecified atom stereocenters. The van der Waals surface area contributed by atoms with Gasteiger partial charge in [0.2, 0.25) is 15.9 Å². The molecule has 9 nitrogen and oxygen atoms in total. The number of hydrogen-bond donors (Lipinski definition) is 0. The minimum Gasteiger partial charge on any atom is -0.339 e. The average Bonchev–Trinajstić information content (AvgIpc) is 2.91. The molecule has 2 aliphatic rings. The number of sulfonamides is 1. The fourth-order valence-electron chi connectivity index (χ4n) is 3.53. The first-order valence-corrected chi connectivity index (χ1v) is 9.87. The molecule has 2 aromatic heterocycles. The van der Waals surface area contributed by atoms with Crippen molar-refractivity contribution in [3.8, 4) is 0 Å². The third-order valence-electron chi connectivity index (χ3n) is 4.81. The Balaban J connectivity index is 1.54. The Bertz CT molecular complexity index is 1040. The number of carbonyl (C=O) groups excluding carboxylic acids is 1. The molecule has 2 aliphatic heterocycles. The molecule has 1 amide bonds. The highest BCUT2D eigenvalue weighted by Gasteiger charge is 2.56. The van der Waals surface area contributed by atoms with E-state index in [1.54, 1.807) is 23.2 Å². The fraction of sp³-hybridized carbons (Fsp3) is 0.375. The van der Waals surface area contributed by atoms with E-state index in [-0.39, 0.29) is 24.6 Å². The van der Waals surface area contributed by atoms with E-state index in [4.69, 9.17) is 0 Å². The number of pyridine rings is 1. The predicted molar refractivity (Wildman–Crippen MR) is 93.2 cm³/mol. The van der Waals surface area contributed by atoms with Crippen molar-refractivity contribution < 1.29 is 13.2 Å². The summed E-state index contributed by atoms with van der Waals surface area (Å²) in [6.07, 6.45) is 5.69. The van der Waals surface area contributed by atoms with Crippen molar-refractivity contribution >= 4 is 21.7 Å². The number of hydrogen-bond acceptors (Lipinski definition) is 6. The Morgan fingerprint density at radius 3 is 2.62 bits per heavy atom. The van der Waals surface area contributed by atoms with Crippen molar-refractivity contribution in [2.45, 2.75) is 12.0 Å². The van der Waals surface area contributed by atoms with E-state index in [1.807, 2.05) is 0 Å². The van der Waals surface area contributed by atoms with Gasteiger partial charge in [0.25, 0.3) is 5.56 Å². The third kappa shape index (κ3) is 2.57. The molecule has 26 heavy (non-hydrogen) atoms. The first-order valence-electron chi connectivity index (χ1n) is 8.03. The molecule has 1 fully saturated rings. The Morgan fingerprint density at radius 1 is 1.19 bits per heavy atom. The maximum absolute atomic E-state index is 12.5. The van der Waals surface area contributed by atoms with Crippen LogP contribution in [0.4, 0.5) is 5.82 Å². The minimum absolute atomic E-state index is 0.0428. The zero-order valence-electron chi connectivity index (χ0n) is 14.1. The fourth-order valence-corrected chi connectivity index (χ4v) is 4.46. The molecular weight excluding hydrogens is 358 g/mol. The summed E-state index contributed by atoms with van der Waals surface area (Å²) < 4.78 is 26.7. The van der Waals surface area contributed by atoms with Gasteiger partial charge in [0.15, 0.2) is 5.82 Å². The Kier molecular flexibility index (Phi) is 3.62. The smallest absolute Gasteiger partial charge is 0.250 e. The lowest BCUT2D eigenvalue weighted by molar-refractivity contribution is -0.139. The van der Waals surface area contributed by atoms with E-state index in [9.17, 15) is 18.0 Å². The van der Waals surface area contributed by atoms with Crippen LogP contribution in [0, 0.1) is 0 Å². The lowest BCUT2D eigenvalue weighted by Gasteiger charge is -2.47. The lowest BCUT2D eigenvalue weighted by Crippen LogP contribution is -2.64. The van der Waals surface area contributed by atoms with E-state index in [0.29, 0.717) is 24.6 Å². The maximum Gasteiger partial charge on any atom is 0.250 e. The van der Waals surface area contributed by atoms with Gasteiger partial charge in [0.1, 0.15) is 6.54 Å². The summed E-state index contributed by atoms with van der Waals surface area (Å²) >= 11 is 0. The summed E-state index contributed by atoms with van der Waals surface area (Å²) in [5.74, 6) is 0.147. The van der Waals surface area contributed by atoms with Gasteiger partial charge in [0.05, 0.1) is 23.9 Å². The number of nitrogens with zero attached hydrogens (tertiary/aromatic N) is 5. The Hall–Kier alpha value is -2.75. The Labute approximate surface area is 150 Å². The topological polar surface area (TPSA) is 105 Å². The van der Waals surface area contributed by atoms with Crippen LogP contribution in [0.15, 0.2) is 41.6 Å². The first kappa shape index (κ1) is 16.7. The quantitative estimate of drug-likeness (QED) is 0.695. The second-order valence-electron chi connectivity index (χ2n) is 6.70. The van der Waals surface area contributed by atoms with Gasteiger partial charge in [-0.3, -0.25) is 18.9 Å². The molecule has 0 atom stereocenters. The molecular formula is C16H17N5O4S. The lowest BCUT2D eigenvalue weighted by atomic mass is 9.78. The number of carbonyl (C=O) groups is 1.